The van der Waals surface area contributed by atoms with E-state index < -0.39 is 15.8 Å². The van der Waals surface area contributed by atoms with Crippen molar-refractivity contribution in [3.63, 3.8) is 0 Å². The molecule has 0 saturated carbocycles. The van der Waals surface area contributed by atoms with Gasteiger partial charge in [-0.05, 0) is 48.9 Å². The van der Waals surface area contributed by atoms with Crippen LogP contribution in [0.5, 0.6) is 0 Å². The summed E-state index contributed by atoms with van der Waals surface area (Å²) in [6, 6.07) is 11.3. The fourth-order valence-corrected chi connectivity index (χ4v) is 2.74. The number of halogens is 1. The van der Waals surface area contributed by atoms with Gasteiger partial charge in [0.1, 0.15) is 5.82 Å². The molecule has 0 saturated heterocycles. The van der Waals surface area contributed by atoms with Crippen LogP contribution in [-0.4, -0.2) is 8.42 Å². The standard InChI is InChI=1S/C14H15FN2O2S/c1-10(16)11-2-8-14(9-3-11)20(18,19)17-13-6-4-12(15)5-7-13/h2-10,17H,16H2,1H3. The predicted octanol–water partition coefficient (Wildman–Crippen LogP) is 2.65. The number of benzene rings is 2. The van der Waals surface area contributed by atoms with Crippen LogP contribution in [0.1, 0.15) is 18.5 Å². The molecule has 0 fully saturated rings. The first kappa shape index (κ1) is 14.5. The number of hydrogen-bond acceptors (Lipinski definition) is 3. The van der Waals surface area contributed by atoms with Crippen LogP contribution in [-0.2, 0) is 10.0 Å². The average Bonchev–Trinajstić information content (AvgIpc) is 2.41. The van der Waals surface area contributed by atoms with Gasteiger partial charge in [0.15, 0.2) is 0 Å². The summed E-state index contributed by atoms with van der Waals surface area (Å²) < 4.78 is 39.4. The Labute approximate surface area is 117 Å². The molecule has 1 atom stereocenters. The van der Waals surface area contributed by atoms with Crippen LogP contribution in [0.2, 0.25) is 0 Å². The third kappa shape index (κ3) is 3.34. The fourth-order valence-electron chi connectivity index (χ4n) is 1.68. The molecule has 0 spiro atoms. The van der Waals surface area contributed by atoms with Gasteiger partial charge in [-0.2, -0.15) is 0 Å². The Balaban J connectivity index is 2.23. The summed E-state index contributed by atoms with van der Waals surface area (Å²) in [5.74, 6) is -0.422. The van der Waals surface area contributed by atoms with E-state index in [0.717, 1.165) is 5.56 Å². The topological polar surface area (TPSA) is 72.2 Å². The number of anilines is 1. The number of nitrogens with two attached hydrogens (primary N) is 1. The van der Waals surface area contributed by atoms with Crippen LogP contribution >= 0.6 is 0 Å². The highest BCUT2D eigenvalue weighted by Crippen LogP contribution is 2.18. The molecule has 0 aliphatic rings. The number of hydrogen-bond donors (Lipinski definition) is 2. The molecule has 20 heavy (non-hydrogen) atoms. The highest BCUT2D eigenvalue weighted by atomic mass is 32.2. The summed E-state index contributed by atoms with van der Waals surface area (Å²) in [4.78, 5) is 0.131. The smallest absolute Gasteiger partial charge is 0.261 e. The van der Waals surface area contributed by atoms with Gasteiger partial charge in [0.25, 0.3) is 10.0 Å². The third-order valence-electron chi connectivity index (χ3n) is 2.81. The van der Waals surface area contributed by atoms with Gasteiger partial charge in [0.2, 0.25) is 0 Å². The SMILES string of the molecule is CC(N)c1ccc(S(=O)(=O)Nc2ccc(F)cc2)cc1. The van der Waals surface area contributed by atoms with E-state index in [1.807, 2.05) is 6.92 Å². The lowest BCUT2D eigenvalue weighted by Crippen LogP contribution is -2.13. The van der Waals surface area contributed by atoms with E-state index in [2.05, 4.69) is 4.72 Å². The Hall–Kier alpha value is -1.92. The molecule has 0 heterocycles. The van der Waals surface area contributed by atoms with E-state index in [9.17, 15) is 12.8 Å². The molecule has 2 rings (SSSR count). The van der Waals surface area contributed by atoms with Crippen molar-refractivity contribution in [1.82, 2.24) is 0 Å². The minimum absolute atomic E-state index is 0.131. The van der Waals surface area contributed by atoms with E-state index in [1.165, 1.54) is 36.4 Å². The maximum absolute atomic E-state index is 12.8. The molecule has 2 aromatic carbocycles. The summed E-state index contributed by atoms with van der Waals surface area (Å²) in [6.45, 7) is 1.82. The van der Waals surface area contributed by atoms with Crippen molar-refractivity contribution < 1.29 is 12.8 Å². The molecule has 0 aliphatic heterocycles. The number of nitrogens with one attached hydrogen (secondary N) is 1. The van der Waals surface area contributed by atoms with Crippen LogP contribution in [0.25, 0.3) is 0 Å². The maximum atomic E-state index is 12.8. The Kier molecular flexibility index (Phi) is 4.06. The zero-order valence-electron chi connectivity index (χ0n) is 10.9. The second-order valence-electron chi connectivity index (χ2n) is 4.47. The quantitative estimate of drug-likeness (QED) is 0.910. The van der Waals surface area contributed by atoms with Crippen LogP contribution in [0.3, 0.4) is 0 Å². The summed E-state index contributed by atoms with van der Waals surface area (Å²) in [6.07, 6.45) is 0. The molecule has 4 nitrogen and oxygen atoms in total. The fraction of sp³-hybridized carbons (Fsp3) is 0.143. The molecule has 106 valence electrons. The van der Waals surface area contributed by atoms with E-state index >= 15 is 0 Å². The largest absolute Gasteiger partial charge is 0.324 e. The highest BCUT2D eigenvalue weighted by Gasteiger charge is 2.14. The van der Waals surface area contributed by atoms with Gasteiger partial charge in [-0.3, -0.25) is 4.72 Å². The van der Waals surface area contributed by atoms with Gasteiger partial charge in [-0.1, -0.05) is 12.1 Å². The second-order valence-corrected chi connectivity index (χ2v) is 6.15. The lowest BCUT2D eigenvalue weighted by Gasteiger charge is -2.10. The molecule has 2 aromatic rings. The second kappa shape index (κ2) is 5.60. The van der Waals surface area contributed by atoms with Crippen molar-refractivity contribution in [3.05, 3.63) is 59.9 Å². The minimum atomic E-state index is -3.68. The number of rotatable bonds is 4. The summed E-state index contributed by atoms with van der Waals surface area (Å²) in [5.41, 5.74) is 6.87. The average molecular weight is 294 g/mol. The molecule has 1 unspecified atom stereocenters. The van der Waals surface area contributed by atoms with Crippen molar-refractivity contribution >= 4 is 15.7 Å². The van der Waals surface area contributed by atoms with Crippen LogP contribution in [0.4, 0.5) is 10.1 Å². The molecule has 0 radical (unpaired) electrons. The van der Waals surface area contributed by atoms with Gasteiger partial charge >= 0.3 is 0 Å². The molecule has 0 aromatic heterocycles. The summed E-state index contributed by atoms with van der Waals surface area (Å²) >= 11 is 0. The zero-order valence-corrected chi connectivity index (χ0v) is 11.7. The Bertz CT molecular complexity index is 680. The lowest BCUT2D eigenvalue weighted by atomic mass is 10.1. The minimum Gasteiger partial charge on any atom is -0.324 e. The van der Waals surface area contributed by atoms with E-state index in [0.29, 0.717) is 5.69 Å². The predicted molar refractivity (Wildman–Crippen MR) is 76.3 cm³/mol. The molecule has 0 amide bonds. The van der Waals surface area contributed by atoms with Crippen molar-refractivity contribution in [2.45, 2.75) is 17.9 Å². The highest BCUT2D eigenvalue weighted by molar-refractivity contribution is 7.92. The first-order valence-electron chi connectivity index (χ1n) is 6.02. The van der Waals surface area contributed by atoms with Crippen molar-refractivity contribution in [1.29, 1.82) is 0 Å². The zero-order chi connectivity index (χ0) is 14.8. The van der Waals surface area contributed by atoms with Crippen LogP contribution in [0.15, 0.2) is 53.4 Å². The van der Waals surface area contributed by atoms with Gasteiger partial charge in [0.05, 0.1) is 4.90 Å². The monoisotopic (exact) mass is 294 g/mol. The van der Waals surface area contributed by atoms with Crippen molar-refractivity contribution in [2.75, 3.05) is 4.72 Å². The number of sulfonamides is 1. The van der Waals surface area contributed by atoms with E-state index in [4.69, 9.17) is 5.73 Å². The Morgan fingerprint density at radius 3 is 2.10 bits per heavy atom. The molecular formula is C14H15FN2O2S. The van der Waals surface area contributed by atoms with E-state index in [-0.39, 0.29) is 10.9 Å². The first-order chi connectivity index (χ1) is 9.38. The normalized spacial score (nSPS) is 12.9. The maximum Gasteiger partial charge on any atom is 0.261 e. The summed E-state index contributed by atoms with van der Waals surface area (Å²) in [7, 11) is -3.68. The summed E-state index contributed by atoms with van der Waals surface area (Å²) in [5, 5.41) is 0. The van der Waals surface area contributed by atoms with Crippen LogP contribution < -0.4 is 10.5 Å². The molecule has 3 N–H and O–H groups in total. The Morgan fingerprint density at radius 1 is 1.05 bits per heavy atom. The molecule has 0 aliphatic carbocycles. The van der Waals surface area contributed by atoms with Crippen LogP contribution in [0, 0.1) is 5.82 Å². The van der Waals surface area contributed by atoms with Gasteiger partial charge < -0.3 is 5.73 Å². The van der Waals surface area contributed by atoms with Gasteiger partial charge in [-0.15, -0.1) is 0 Å². The molecule has 6 heteroatoms. The van der Waals surface area contributed by atoms with Gasteiger partial charge in [0, 0.05) is 11.7 Å². The van der Waals surface area contributed by atoms with Gasteiger partial charge in [-0.25, -0.2) is 12.8 Å². The first-order valence-corrected chi connectivity index (χ1v) is 7.51. The molecule has 0 bridgehead atoms. The Morgan fingerprint density at radius 2 is 1.60 bits per heavy atom. The lowest BCUT2D eigenvalue weighted by molar-refractivity contribution is 0.601. The van der Waals surface area contributed by atoms with E-state index in [1.54, 1.807) is 12.1 Å². The van der Waals surface area contributed by atoms with Crippen molar-refractivity contribution in [2.24, 2.45) is 5.73 Å². The third-order valence-corrected chi connectivity index (χ3v) is 4.21. The molecular weight excluding hydrogens is 279 g/mol. The van der Waals surface area contributed by atoms with Crippen molar-refractivity contribution in [3.8, 4) is 0 Å².